The standard InChI is InChI=1S/C12H21O2/c1-9-6-5-7-10(8-9)11(13)14-12(2,3)4/h9H,5-8H2,1-4H3. The molecule has 2 nitrogen and oxygen atoms in total. The highest BCUT2D eigenvalue weighted by Crippen LogP contribution is 2.31. The Morgan fingerprint density at radius 1 is 1.43 bits per heavy atom. The number of carbonyl (C=O) groups excluding carboxylic acids is 1. The highest BCUT2D eigenvalue weighted by Gasteiger charge is 2.29. The lowest BCUT2D eigenvalue weighted by atomic mass is 9.82. The summed E-state index contributed by atoms with van der Waals surface area (Å²) in [4.78, 5) is 11.7. The van der Waals surface area contributed by atoms with Crippen LogP contribution in [-0.4, -0.2) is 11.6 Å². The molecule has 1 fully saturated rings. The Balaban J connectivity index is 2.44. The van der Waals surface area contributed by atoms with E-state index in [1.807, 2.05) is 20.8 Å². The van der Waals surface area contributed by atoms with Gasteiger partial charge < -0.3 is 4.74 Å². The van der Waals surface area contributed by atoms with Crippen molar-refractivity contribution in [1.82, 2.24) is 0 Å². The van der Waals surface area contributed by atoms with Gasteiger partial charge in [0, 0.05) is 0 Å². The molecule has 1 aliphatic carbocycles. The topological polar surface area (TPSA) is 26.3 Å². The van der Waals surface area contributed by atoms with Crippen LogP contribution in [0.1, 0.15) is 53.4 Å². The van der Waals surface area contributed by atoms with Crippen molar-refractivity contribution in [2.24, 2.45) is 5.92 Å². The Labute approximate surface area is 87.0 Å². The van der Waals surface area contributed by atoms with Crippen molar-refractivity contribution >= 4 is 5.97 Å². The lowest BCUT2D eigenvalue weighted by Crippen LogP contribution is -2.29. The van der Waals surface area contributed by atoms with Gasteiger partial charge in [-0.2, -0.15) is 0 Å². The zero-order valence-electron chi connectivity index (χ0n) is 9.72. The van der Waals surface area contributed by atoms with Crippen LogP contribution in [0.15, 0.2) is 0 Å². The van der Waals surface area contributed by atoms with Crippen molar-refractivity contribution in [3.05, 3.63) is 5.92 Å². The molecule has 1 saturated carbocycles. The second-order valence-corrected chi connectivity index (χ2v) is 5.31. The van der Waals surface area contributed by atoms with Gasteiger partial charge in [0.25, 0.3) is 0 Å². The van der Waals surface area contributed by atoms with Crippen LogP contribution in [0.3, 0.4) is 0 Å². The van der Waals surface area contributed by atoms with Crippen LogP contribution in [0.25, 0.3) is 0 Å². The third-order valence-electron chi connectivity index (χ3n) is 2.46. The molecule has 81 valence electrons. The summed E-state index contributed by atoms with van der Waals surface area (Å²) in [5.74, 6) is 1.55. The van der Waals surface area contributed by atoms with E-state index < -0.39 is 0 Å². The number of esters is 1. The Kier molecular flexibility index (Phi) is 3.57. The SMILES string of the molecule is CC1CCC[C](C(=O)OC(C)(C)C)C1. The van der Waals surface area contributed by atoms with Gasteiger partial charge in [-0.3, -0.25) is 4.79 Å². The lowest BCUT2D eigenvalue weighted by Gasteiger charge is -2.28. The van der Waals surface area contributed by atoms with E-state index in [4.69, 9.17) is 4.74 Å². The molecule has 1 unspecified atom stereocenters. The maximum absolute atomic E-state index is 11.7. The van der Waals surface area contributed by atoms with Gasteiger partial charge >= 0.3 is 5.97 Å². The van der Waals surface area contributed by atoms with Crippen LogP contribution < -0.4 is 0 Å². The zero-order valence-corrected chi connectivity index (χ0v) is 9.72. The maximum Gasteiger partial charge on any atom is 0.313 e. The van der Waals surface area contributed by atoms with E-state index in [0.717, 1.165) is 25.2 Å². The van der Waals surface area contributed by atoms with E-state index >= 15 is 0 Å². The first-order valence-electron chi connectivity index (χ1n) is 5.46. The molecule has 0 aromatic rings. The van der Waals surface area contributed by atoms with Crippen LogP contribution in [0.5, 0.6) is 0 Å². The van der Waals surface area contributed by atoms with Crippen LogP contribution in [0.2, 0.25) is 0 Å². The normalized spacial score (nSPS) is 24.7. The van der Waals surface area contributed by atoms with E-state index in [1.165, 1.54) is 6.42 Å². The fourth-order valence-corrected chi connectivity index (χ4v) is 1.82. The van der Waals surface area contributed by atoms with Crippen molar-refractivity contribution in [2.75, 3.05) is 0 Å². The van der Waals surface area contributed by atoms with E-state index in [9.17, 15) is 4.79 Å². The molecule has 2 heteroatoms. The first kappa shape index (κ1) is 11.5. The fraction of sp³-hybridized carbons (Fsp3) is 0.833. The van der Waals surface area contributed by atoms with Gasteiger partial charge in [0.1, 0.15) is 5.60 Å². The maximum atomic E-state index is 11.7. The summed E-state index contributed by atoms with van der Waals surface area (Å²) in [5.41, 5.74) is -0.356. The van der Waals surface area contributed by atoms with Gasteiger partial charge in [-0.25, -0.2) is 0 Å². The molecule has 1 radical (unpaired) electrons. The minimum absolute atomic E-state index is 0.0796. The van der Waals surface area contributed by atoms with E-state index in [1.54, 1.807) is 0 Å². The molecular formula is C12H21O2. The van der Waals surface area contributed by atoms with Crippen molar-refractivity contribution in [3.8, 4) is 0 Å². The van der Waals surface area contributed by atoms with Gasteiger partial charge in [0.15, 0.2) is 0 Å². The van der Waals surface area contributed by atoms with Crippen LogP contribution in [0, 0.1) is 11.8 Å². The zero-order chi connectivity index (χ0) is 10.8. The summed E-state index contributed by atoms with van der Waals surface area (Å²) in [6.07, 6.45) is 4.23. The molecule has 0 bridgehead atoms. The largest absolute Gasteiger partial charge is 0.460 e. The second kappa shape index (κ2) is 4.33. The molecule has 1 aliphatic rings. The third kappa shape index (κ3) is 3.69. The molecule has 1 atom stereocenters. The van der Waals surface area contributed by atoms with Gasteiger partial charge in [0.2, 0.25) is 0 Å². The number of hydrogen-bond donors (Lipinski definition) is 0. The summed E-state index contributed by atoms with van der Waals surface area (Å²) in [5, 5.41) is 0. The molecule has 1 rings (SSSR count). The first-order chi connectivity index (χ1) is 6.38. The molecule has 0 aromatic carbocycles. The summed E-state index contributed by atoms with van der Waals surface area (Å²) >= 11 is 0. The van der Waals surface area contributed by atoms with Gasteiger partial charge in [-0.15, -0.1) is 0 Å². The minimum Gasteiger partial charge on any atom is -0.460 e. The van der Waals surface area contributed by atoms with Gasteiger partial charge in [-0.05, 0) is 39.5 Å². The average Bonchev–Trinajstić information content (AvgIpc) is 2.01. The van der Waals surface area contributed by atoms with Crippen molar-refractivity contribution < 1.29 is 9.53 Å². The summed E-state index contributed by atoms with van der Waals surface area (Å²) in [6.45, 7) is 7.94. The lowest BCUT2D eigenvalue weighted by molar-refractivity contribution is -0.153. The molecule has 0 saturated heterocycles. The van der Waals surface area contributed by atoms with Crippen molar-refractivity contribution in [3.63, 3.8) is 0 Å². The van der Waals surface area contributed by atoms with Crippen LogP contribution in [-0.2, 0) is 9.53 Å². The Hall–Kier alpha value is -0.530. The minimum atomic E-state index is -0.356. The Bertz CT molecular complexity index is 203. The average molecular weight is 197 g/mol. The second-order valence-electron chi connectivity index (χ2n) is 5.31. The van der Waals surface area contributed by atoms with E-state index in [2.05, 4.69) is 6.92 Å². The quantitative estimate of drug-likeness (QED) is 0.604. The third-order valence-corrected chi connectivity index (χ3v) is 2.46. The monoisotopic (exact) mass is 197 g/mol. The Morgan fingerprint density at radius 3 is 2.57 bits per heavy atom. The van der Waals surface area contributed by atoms with Gasteiger partial charge in [-0.1, -0.05) is 19.8 Å². The molecule has 0 spiro atoms. The van der Waals surface area contributed by atoms with Crippen molar-refractivity contribution in [1.29, 1.82) is 0 Å². The Morgan fingerprint density at radius 2 is 2.07 bits per heavy atom. The van der Waals surface area contributed by atoms with Gasteiger partial charge in [0.05, 0.1) is 5.92 Å². The predicted molar refractivity (Wildman–Crippen MR) is 56.7 cm³/mol. The highest BCUT2D eigenvalue weighted by atomic mass is 16.6. The highest BCUT2D eigenvalue weighted by molar-refractivity contribution is 5.85. The van der Waals surface area contributed by atoms with Crippen molar-refractivity contribution in [2.45, 2.75) is 59.0 Å². The number of hydrogen-bond acceptors (Lipinski definition) is 2. The van der Waals surface area contributed by atoms with E-state index in [0.29, 0.717) is 5.92 Å². The predicted octanol–water partition coefficient (Wildman–Crippen LogP) is 3.11. The molecule has 0 heterocycles. The summed E-state index contributed by atoms with van der Waals surface area (Å²) in [7, 11) is 0. The molecular weight excluding hydrogens is 176 g/mol. The summed E-state index contributed by atoms with van der Waals surface area (Å²) in [6, 6.07) is 0. The smallest absolute Gasteiger partial charge is 0.313 e. The number of rotatable bonds is 1. The van der Waals surface area contributed by atoms with Crippen LogP contribution in [0.4, 0.5) is 0 Å². The molecule has 0 amide bonds. The summed E-state index contributed by atoms with van der Waals surface area (Å²) < 4.78 is 5.35. The van der Waals surface area contributed by atoms with Crippen LogP contribution >= 0.6 is 0 Å². The molecule has 14 heavy (non-hydrogen) atoms. The number of carbonyl (C=O) groups is 1. The fourth-order valence-electron chi connectivity index (χ4n) is 1.82. The molecule has 0 aliphatic heterocycles. The number of ether oxygens (including phenoxy) is 1. The molecule has 0 aromatic heterocycles. The van der Waals surface area contributed by atoms with E-state index in [-0.39, 0.29) is 11.6 Å². The first-order valence-corrected chi connectivity index (χ1v) is 5.46. The molecule has 0 N–H and O–H groups in total.